The van der Waals surface area contributed by atoms with Gasteiger partial charge in [0.15, 0.2) is 5.11 Å². The average Bonchev–Trinajstić information content (AvgIpc) is 3.09. The molecule has 0 spiro atoms. The molecular formula is C18H26N2O3S. The molecule has 132 valence electrons. The zero-order chi connectivity index (χ0) is 17.4. The van der Waals surface area contributed by atoms with E-state index in [0.717, 1.165) is 30.8 Å². The molecule has 1 aromatic carbocycles. The van der Waals surface area contributed by atoms with E-state index in [9.17, 15) is 4.79 Å². The molecule has 0 aromatic heterocycles. The van der Waals surface area contributed by atoms with Gasteiger partial charge >= 0.3 is 5.97 Å². The third kappa shape index (κ3) is 5.76. The van der Waals surface area contributed by atoms with Crippen LogP contribution in [0, 0.1) is 6.92 Å². The lowest BCUT2D eigenvalue weighted by atomic mass is 10.1. The van der Waals surface area contributed by atoms with Crippen molar-refractivity contribution < 1.29 is 14.3 Å². The Morgan fingerprint density at radius 1 is 1.33 bits per heavy atom. The number of carbonyl (C=O) groups is 1. The molecule has 0 aliphatic heterocycles. The fraction of sp³-hybridized carbons (Fsp3) is 0.556. The second-order valence-electron chi connectivity index (χ2n) is 6.03. The highest BCUT2D eigenvalue weighted by atomic mass is 32.1. The molecule has 5 nitrogen and oxygen atoms in total. The Morgan fingerprint density at radius 2 is 2.08 bits per heavy atom. The molecule has 0 amide bonds. The van der Waals surface area contributed by atoms with E-state index in [0.29, 0.717) is 16.8 Å². The summed E-state index contributed by atoms with van der Waals surface area (Å²) in [6.45, 7) is 3.48. The van der Waals surface area contributed by atoms with Gasteiger partial charge in [-0.05, 0) is 56.1 Å². The molecule has 0 atom stereocenters. The molecule has 2 rings (SSSR count). The minimum Gasteiger partial charge on any atom is -0.465 e. The highest BCUT2D eigenvalue weighted by Crippen LogP contribution is 2.21. The van der Waals surface area contributed by atoms with Crippen molar-refractivity contribution in [1.82, 2.24) is 5.32 Å². The molecule has 0 saturated heterocycles. The van der Waals surface area contributed by atoms with Crippen molar-refractivity contribution >= 4 is 29.0 Å². The minimum absolute atomic E-state index is 0.360. The van der Waals surface area contributed by atoms with Crippen LogP contribution in [0.25, 0.3) is 0 Å². The Hall–Kier alpha value is -1.66. The summed E-state index contributed by atoms with van der Waals surface area (Å²) < 4.78 is 10.6. The zero-order valence-corrected chi connectivity index (χ0v) is 15.2. The number of rotatable bonds is 7. The largest absolute Gasteiger partial charge is 0.465 e. The summed E-state index contributed by atoms with van der Waals surface area (Å²) in [7, 11) is 1.37. The van der Waals surface area contributed by atoms with Crippen molar-refractivity contribution in [3.05, 3.63) is 29.3 Å². The van der Waals surface area contributed by atoms with Gasteiger partial charge in [-0.25, -0.2) is 4.79 Å². The van der Waals surface area contributed by atoms with Crippen molar-refractivity contribution in [1.29, 1.82) is 0 Å². The summed E-state index contributed by atoms with van der Waals surface area (Å²) in [5.74, 6) is -0.360. The van der Waals surface area contributed by atoms with E-state index in [-0.39, 0.29) is 5.97 Å². The highest BCUT2D eigenvalue weighted by Gasteiger charge is 2.14. The molecule has 0 unspecified atom stereocenters. The standard InChI is InChI=1S/C18H26N2O3S/c1-13-8-9-14(17(21)22-2)12-16(13)20-18(24)19-10-5-11-23-15-6-3-4-7-15/h8-9,12,15H,3-7,10-11H2,1-2H3,(H2,19,20,24). The summed E-state index contributed by atoms with van der Waals surface area (Å²) in [5, 5.41) is 6.85. The first kappa shape index (κ1) is 18.7. The molecule has 1 aromatic rings. The zero-order valence-electron chi connectivity index (χ0n) is 14.4. The molecule has 6 heteroatoms. The summed E-state index contributed by atoms with van der Waals surface area (Å²) in [6.07, 6.45) is 6.35. The van der Waals surface area contributed by atoms with Gasteiger partial charge in [-0.15, -0.1) is 0 Å². The smallest absolute Gasteiger partial charge is 0.337 e. The highest BCUT2D eigenvalue weighted by molar-refractivity contribution is 7.80. The van der Waals surface area contributed by atoms with Crippen molar-refractivity contribution in [3.8, 4) is 0 Å². The number of methoxy groups -OCH3 is 1. The number of hydrogen-bond acceptors (Lipinski definition) is 4. The number of anilines is 1. The number of ether oxygens (including phenoxy) is 2. The lowest BCUT2D eigenvalue weighted by Gasteiger charge is -2.14. The molecule has 0 radical (unpaired) electrons. The SMILES string of the molecule is COC(=O)c1ccc(C)c(NC(=S)NCCCOC2CCCC2)c1. The van der Waals surface area contributed by atoms with E-state index in [1.807, 2.05) is 13.0 Å². The first-order chi connectivity index (χ1) is 11.6. The van der Waals surface area contributed by atoms with Crippen LogP contribution in [0.4, 0.5) is 5.69 Å². The van der Waals surface area contributed by atoms with Gasteiger partial charge in [-0.1, -0.05) is 18.9 Å². The van der Waals surface area contributed by atoms with Crippen molar-refractivity contribution in [3.63, 3.8) is 0 Å². The van der Waals surface area contributed by atoms with Gasteiger partial charge in [-0.2, -0.15) is 0 Å². The fourth-order valence-electron chi connectivity index (χ4n) is 2.75. The van der Waals surface area contributed by atoms with Crippen molar-refractivity contribution in [2.75, 3.05) is 25.6 Å². The van der Waals surface area contributed by atoms with Crippen molar-refractivity contribution in [2.24, 2.45) is 0 Å². The number of aryl methyl sites for hydroxylation is 1. The van der Waals surface area contributed by atoms with Crippen LogP contribution in [-0.2, 0) is 9.47 Å². The van der Waals surface area contributed by atoms with Gasteiger partial charge in [0, 0.05) is 18.8 Å². The topological polar surface area (TPSA) is 59.6 Å². The third-order valence-corrected chi connectivity index (χ3v) is 4.42. The molecule has 0 bridgehead atoms. The number of thiocarbonyl (C=S) groups is 1. The summed E-state index contributed by atoms with van der Waals surface area (Å²) >= 11 is 5.31. The number of nitrogens with one attached hydrogen (secondary N) is 2. The van der Waals surface area contributed by atoms with E-state index >= 15 is 0 Å². The fourth-order valence-corrected chi connectivity index (χ4v) is 2.96. The van der Waals surface area contributed by atoms with Gasteiger partial charge in [-0.3, -0.25) is 0 Å². The molecular weight excluding hydrogens is 324 g/mol. The van der Waals surface area contributed by atoms with E-state index in [1.165, 1.54) is 32.8 Å². The van der Waals surface area contributed by atoms with E-state index < -0.39 is 0 Å². The molecule has 2 N–H and O–H groups in total. The Kier molecular flexibility index (Phi) is 7.46. The van der Waals surface area contributed by atoms with Crippen LogP contribution >= 0.6 is 12.2 Å². The second-order valence-corrected chi connectivity index (χ2v) is 6.44. The quantitative estimate of drug-likeness (QED) is 0.446. The van der Waals surface area contributed by atoms with Crippen LogP contribution in [0.3, 0.4) is 0 Å². The number of esters is 1. The van der Waals surface area contributed by atoms with Gasteiger partial charge < -0.3 is 20.1 Å². The first-order valence-corrected chi connectivity index (χ1v) is 8.86. The Bertz CT molecular complexity index is 571. The molecule has 24 heavy (non-hydrogen) atoms. The van der Waals surface area contributed by atoms with Crippen LogP contribution < -0.4 is 10.6 Å². The normalized spacial score (nSPS) is 14.4. The molecule has 1 aliphatic carbocycles. The van der Waals surface area contributed by atoms with Crippen molar-refractivity contribution in [2.45, 2.75) is 45.1 Å². The van der Waals surface area contributed by atoms with E-state index in [4.69, 9.17) is 21.7 Å². The summed E-state index contributed by atoms with van der Waals surface area (Å²) in [4.78, 5) is 11.6. The Labute approximate surface area is 149 Å². The van der Waals surface area contributed by atoms with E-state index in [2.05, 4.69) is 10.6 Å². The predicted molar refractivity (Wildman–Crippen MR) is 99.6 cm³/mol. The lowest BCUT2D eigenvalue weighted by Crippen LogP contribution is -2.30. The first-order valence-electron chi connectivity index (χ1n) is 8.45. The molecule has 1 aliphatic rings. The van der Waals surface area contributed by atoms with Crippen LogP contribution in [0.2, 0.25) is 0 Å². The van der Waals surface area contributed by atoms with Crippen LogP contribution in [0.1, 0.15) is 48.0 Å². The number of hydrogen-bond donors (Lipinski definition) is 2. The molecule has 1 fully saturated rings. The molecule has 1 saturated carbocycles. The van der Waals surface area contributed by atoms with Crippen LogP contribution in [-0.4, -0.2) is 37.4 Å². The minimum atomic E-state index is -0.360. The maximum Gasteiger partial charge on any atom is 0.337 e. The summed E-state index contributed by atoms with van der Waals surface area (Å²) in [6, 6.07) is 5.36. The maximum absolute atomic E-state index is 11.6. The summed E-state index contributed by atoms with van der Waals surface area (Å²) in [5.41, 5.74) is 2.31. The second kappa shape index (κ2) is 9.59. The van der Waals surface area contributed by atoms with Crippen LogP contribution in [0.15, 0.2) is 18.2 Å². The number of benzene rings is 1. The van der Waals surface area contributed by atoms with Gasteiger partial charge in [0.25, 0.3) is 0 Å². The third-order valence-electron chi connectivity index (χ3n) is 4.17. The van der Waals surface area contributed by atoms with Gasteiger partial charge in [0.2, 0.25) is 0 Å². The number of carbonyl (C=O) groups excluding carboxylic acids is 1. The Morgan fingerprint density at radius 3 is 2.79 bits per heavy atom. The lowest BCUT2D eigenvalue weighted by molar-refractivity contribution is 0.0573. The maximum atomic E-state index is 11.6. The van der Waals surface area contributed by atoms with Gasteiger partial charge in [0.05, 0.1) is 18.8 Å². The Balaban J connectivity index is 1.72. The van der Waals surface area contributed by atoms with Crippen LogP contribution in [0.5, 0.6) is 0 Å². The predicted octanol–water partition coefficient (Wildman–Crippen LogP) is 3.42. The van der Waals surface area contributed by atoms with Gasteiger partial charge in [0.1, 0.15) is 0 Å². The molecule has 0 heterocycles. The van der Waals surface area contributed by atoms with E-state index in [1.54, 1.807) is 12.1 Å². The average molecular weight is 350 g/mol. The monoisotopic (exact) mass is 350 g/mol.